The number of carbonyl (C=O) groups excluding carboxylic acids is 2. The van der Waals surface area contributed by atoms with Gasteiger partial charge in [0, 0.05) is 31.6 Å². The van der Waals surface area contributed by atoms with Crippen LogP contribution in [0.2, 0.25) is 0 Å². The number of benzene rings is 2. The van der Waals surface area contributed by atoms with Gasteiger partial charge in [-0.05, 0) is 43.5 Å². The number of hydrogen-bond donors (Lipinski definition) is 1. The number of nitrogens with one attached hydrogen (secondary N) is 1. The molecule has 2 amide bonds. The third-order valence-corrected chi connectivity index (χ3v) is 7.07. The number of aromatic nitrogens is 3. The van der Waals surface area contributed by atoms with Gasteiger partial charge in [-0.15, -0.1) is 11.3 Å². The quantitative estimate of drug-likeness (QED) is 0.428. The summed E-state index contributed by atoms with van der Waals surface area (Å²) < 4.78 is 1.69. The fourth-order valence-electron chi connectivity index (χ4n) is 4.22. The topological polar surface area (TPSA) is 104 Å². The van der Waals surface area contributed by atoms with E-state index in [0.29, 0.717) is 30.0 Å². The molecule has 2 aromatic heterocycles. The Hall–Kier alpha value is -4.03. The predicted octanol–water partition coefficient (Wildman–Crippen LogP) is 3.91. The zero-order valence-corrected chi connectivity index (χ0v) is 20.3. The van der Waals surface area contributed by atoms with Crippen molar-refractivity contribution < 1.29 is 9.59 Å². The van der Waals surface area contributed by atoms with Crippen molar-refractivity contribution in [3.05, 3.63) is 70.5 Å². The summed E-state index contributed by atoms with van der Waals surface area (Å²) >= 11 is 1.45. The van der Waals surface area contributed by atoms with Gasteiger partial charge in [-0.3, -0.25) is 14.3 Å². The predicted molar refractivity (Wildman–Crippen MR) is 134 cm³/mol. The van der Waals surface area contributed by atoms with Crippen LogP contribution in [0.1, 0.15) is 44.4 Å². The lowest BCUT2D eigenvalue weighted by Gasteiger charge is -2.22. The van der Waals surface area contributed by atoms with Crippen LogP contribution in [0, 0.1) is 18.3 Å². The Labute approximate surface area is 206 Å². The number of carbonyl (C=O) groups is 2. The average molecular weight is 485 g/mol. The Morgan fingerprint density at radius 3 is 2.77 bits per heavy atom. The molecule has 0 atom stereocenters. The molecule has 0 spiro atoms. The van der Waals surface area contributed by atoms with Crippen molar-refractivity contribution in [3.8, 4) is 16.5 Å². The van der Waals surface area contributed by atoms with Crippen LogP contribution >= 0.6 is 11.3 Å². The number of para-hydroxylation sites is 1. The van der Waals surface area contributed by atoms with E-state index < -0.39 is 0 Å². The van der Waals surface area contributed by atoms with Crippen molar-refractivity contribution in [2.75, 3.05) is 13.1 Å². The molecule has 5 rings (SSSR count). The van der Waals surface area contributed by atoms with Crippen molar-refractivity contribution in [3.63, 3.8) is 0 Å². The van der Waals surface area contributed by atoms with E-state index in [4.69, 9.17) is 0 Å². The summed E-state index contributed by atoms with van der Waals surface area (Å²) in [5.74, 6) is -0.407. The number of hydrogen-bond acceptors (Lipinski definition) is 6. The van der Waals surface area contributed by atoms with Crippen LogP contribution in [0.5, 0.6) is 0 Å². The molecule has 0 saturated heterocycles. The molecule has 2 aromatic carbocycles. The van der Waals surface area contributed by atoms with E-state index in [9.17, 15) is 14.9 Å². The third-order valence-electron chi connectivity index (χ3n) is 6.05. The van der Waals surface area contributed by atoms with Crippen LogP contribution in [-0.4, -0.2) is 50.6 Å². The highest BCUT2D eigenvalue weighted by atomic mass is 32.1. The Morgan fingerprint density at radius 1 is 1.20 bits per heavy atom. The number of nitrogens with zero attached hydrogens (tertiary/aromatic N) is 5. The lowest BCUT2D eigenvalue weighted by molar-refractivity contribution is 0.0732. The lowest BCUT2D eigenvalue weighted by Crippen LogP contribution is -2.40. The van der Waals surface area contributed by atoms with E-state index in [-0.39, 0.29) is 17.9 Å². The van der Waals surface area contributed by atoms with Gasteiger partial charge in [-0.2, -0.15) is 10.4 Å². The zero-order chi connectivity index (χ0) is 24.5. The molecular weight excluding hydrogens is 460 g/mol. The second kappa shape index (κ2) is 9.31. The first kappa shape index (κ1) is 22.7. The van der Waals surface area contributed by atoms with E-state index in [1.807, 2.05) is 55.3 Å². The van der Waals surface area contributed by atoms with Gasteiger partial charge in [0.15, 0.2) is 5.69 Å². The van der Waals surface area contributed by atoms with E-state index in [2.05, 4.69) is 21.5 Å². The standard InChI is InChI=1S/C26H24N6O2S/c1-16-29-23(24(35-16)18-7-5-6-17(14-18)15-27)26(34)32(19-10-11-19)13-12-28-25(33)22-20-8-3-4-9-21(20)31(2)30-22/h3-9,14,19H,10-13H2,1-2H3,(H,28,33). The molecule has 8 nitrogen and oxygen atoms in total. The molecule has 35 heavy (non-hydrogen) atoms. The first-order valence-corrected chi connectivity index (χ1v) is 12.3. The van der Waals surface area contributed by atoms with Crippen LogP contribution in [0.3, 0.4) is 0 Å². The van der Waals surface area contributed by atoms with Crippen molar-refractivity contribution in [1.82, 2.24) is 25.0 Å². The largest absolute Gasteiger partial charge is 0.349 e. The molecule has 0 bridgehead atoms. The maximum absolute atomic E-state index is 13.6. The summed E-state index contributed by atoms with van der Waals surface area (Å²) in [5, 5.41) is 18.2. The van der Waals surface area contributed by atoms with Gasteiger partial charge >= 0.3 is 0 Å². The minimum Gasteiger partial charge on any atom is -0.349 e. The van der Waals surface area contributed by atoms with Crippen LogP contribution in [0.4, 0.5) is 0 Å². The zero-order valence-electron chi connectivity index (χ0n) is 19.5. The van der Waals surface area contributed by atoms with Crippen LogP contribution in [0.25, 0.3) is 21.3 Å². The molecule has 2 heterocycles. The van der Waals surface area contributed by atoms with Gasteiger partial charge in [-0.1, -0.05) is 30.3 Å². The molecule has 176 valence electrons. The summed E-state index contributed by atoms with van der Waals surface area (Å²) in [6.45, 7) is 2.57. The highest BCUT2D eigenvalue weighted by Crippen LogP contribution is 2.34. The minimum absolute atomic E-state index is 0.147. The average Bonchev–Trinajstić information content (AvgIpc) is 3.55. The molecule has 1 saturated carbocycles. The van der Waals surface area contributed by atoms with Crippen LogP contribution < -0.4 is 5.32 Å². The molecular formula is C26H24N6O2S. The third kappa shape index (κ3) is 4.53. The van der Waals surface area contributed by atoms with Crippen LogP contribution in [0.15, 0.2) is 48.5 Å². The van der Waals surface area contributed by atoms with Gasteiger partial charge in [0.05, 0.1) is 27.0 Å². The Kier molecular flexibility index (Phi) is 6.05. The number of amides is 2. The molecule has 9 heteroatoms. The van der Waals surface area contributed by atoms with Gasteiger partial charge in [0.1, 0.15) is 5.69 Å². The van der Waals surface area contributed by atoms with Crippen molar-refractivity contribution in [2.24, 2.45) is 7.05 Å². The maximum Gasteiger partial charge on any atom is 0.274 e. The highest BCUT2D eigenvalue weighted by molar-refractivity contribution is 7.15. The van der Waals surface area contributed by atoms with E-state index in [1.54, 1.807) is 16.8 Å². The molecule has 4 aromatic rings. The molecule has 0 aliphatic heterocycles. The summed E-state index contributed by atoms with van der Waals surface area (Å²) in [5.41, 5.74) is 3.01. The highest BCUT2D eigenvalue weighted by Gasteiger charge is 2.35. The SMILES string of the molecule is Cc1nc(C(=O)N(CCNC(=O)c2nn(C)c3ccccc23)C2CC2)c(-c2cccc(C#N)c2)s1. The van der Waals surface area contributed by atoms with Crippen molar-refractivity contribution in [1.29, 1.82) is 5.26 Å². The maximum atomic E-state index is 13.6. The normalized spacial score (nSPS) is 12.9. The lowest BCUT2D eigenvalue weighted by atomic mass is 10.1. The molecule has 0 unspecified atom stereocenters. The molecule has 1 aliphatic rings. The molecule has 1 fully saturated rings. The second-order valence-corrected chi connectivity index (χ2v) is 9.78. The van der Waals surface area contributed by atoms with Crippen LogP contribution in [-0.2, 0) is 7.05 Å². The Morgan fingerprint density at radius 2 is 2.00 bits per heavy atom. The van der Waals surface area contributed by atoms with Gasteiger partial charge in [0.2, 0.25) is 0 Å². The number of fused-ring (bicyclic) bond motifs is 1. The van der Waals surface area contributed by atoms with Gasteiger partial charge < -0.3 is 10.2 Å². The Bertz CT molecular complexity index is 1480. The summed E-state index contributed by atoms with van der Waals surface area (Å²) in [6, 6.07) is 17.1. The fourth-order valence-corrected chi connectivity index (χ4v) is 5.13. The molecule has 1 aliphatic carbocycles. The minimum atomic E-state index is -0.261. The number of rotatable bonds is 7. The number of thiazole rings is 1. The first-order valence-electron chi connectivity index (χ1n) is 11.4. The first-order chi connectivity index (χ1) is 17.0. The summed E-state index contributed by atoms with van der Waals surface area (Å²) in [4.78, 5) is 33.6. The smallest absolute Gasteiger partial charge is 0.274 e. The van der Waals surface area contributed by atoms with Crippen molar-refractivity contribution in [2.45, 2.75) is 25.8 Å². The monoisotopic (exact) mass is 484 g/mol. The fraction of sp³-hybridized carbons (Fsp3) is 0.269. The Balaban J connectivity index is 1.32. The number of nitriles is 1. The van der Waals surface area contributed by atoms with E-state index in [1.165, 1.54) is 11.3 Å². The van der Waals surface area contributed by atoms with E-state index in [0.717, 1.165) is 39.2 Å². The molecule has 0 radical (unpaired) electrons. The summed E-state index contributed by atoms with van der Waals surface area (Å²) in [6.07, 6.45) is 1.87. The van der Waals surface area contributed by atoms with Gasteiger partial charge in [0.25, 0.3) is 11.8 Å². The summed E-state index contributed by atoms with van der Waals surface area (Å²) in [7, 11) is 1.81. The van der Waals surface area contributed by atoms with Crippen molar-refractivity contribution >= 4 is 34.1 Å². The second-order valence-electron chi connectivity index (χ2n) is 8.58. The van der Waals surface area contributed by atoms with Gasteiger partial charge in [-0.25, -0.2) is 4.98 Å². The number of aryl methyl sites for hydroxylation is 2. The molecule has 1 N–H and O–H groups in total. The van der Waals surface area contributed by atoms with E-state index >= 15 is 0 Å².